The predicted molar refractivity (Wildman–Crippen MR) is 381 cm³/mol. The second-order valence-corrected chi connectivity index (χ2v) is 31.4. The van der Waals surface area contributed by atoms with Gasteiger partial charge in [-0.05, 0) is 23.7 Å². The van der Waals surface area contributed by atoms with E-state index in [9.17, 15) is 19.8 Å². The number of allylic oxidation sites excluding steroid dienone is 2. The van der Waals surface area contributed by atoms with Crippen LogP contribution >= 0.6 is 325 Å². The molecule has 2 aliphatic heterocycles. The number of hydrogen-bond acceptors (Lipinski definition) is 2. The standard InChI is InChI=1S/C20H20Cl14O2.C20H2Cl14O2.C5H10N.C5H6N.Co.2H2O/c2*21-6-2(7(22)13(28)5(12(6)27)20(35)36)1(3-8(23)14(29)18(33)15(30)9(3)24)4-10(25)16(31)19(34)17(32)11(4)26;2*1-2-4-6-5-3-1;;;/h1-19H,(H,35,36);1H,(H,35,36);1-5H2;1-4H,5H2;;2*1H2/q;;2*-1;+2;;/p+2. The number of halogens is 28. The van der Waals surface area contributed by atoms with E-state index in [1.807, 2.05) is 18.2 Å². The molecule has 3 saturated carbocycles. The summed E-state index contributed by atoms with van der Waals surface area (Å²) in [6.45, 7) is 3.11. The van der Waals surface area contributed by atoms with Crippen LogP contribution in [0.25, 0.3) is 10.6 Å². The van der Waals surface area contributed by atoms with Crippen LogP contribution in [0.15, 0.2) is 24.4 Å². The molecule has 37 heteroatoms. The van der Waals surface area contributed by atoms with Gasteiger partial charge in [-0.25, -0.2) is 4.79 Å². The first-order chi connectivity index (χ1) is 39.1. The topological polar surface area (TPSA) is 169 Å². The maximum absolute atomic E-state index is 11.9. The minimum absolute atomic E-state index is 0. The van der Waals surface area contributed by atoms with Gasteiger partial charge >= 0.3 is 28.7 Å². The monoisotopic (exact) mass is 1810 g/mol. The molecule has 1 saturated heterocycles. The van der Waals surface area contributed by atoms with Gasteiger partial charge in [0.1, 0.15) is 0 Å². The van der Waals surface area contributed by atoms with E-state index in [4.69, 9.17) is 325 Å². The van der Waals surface area contributed by atoms with Crippen molar-refractivity contribution >= 4 is 337 Å². The van der Waals surface area contributed by atoms with Crippen LogP contribution in [-0.4, -0.2) is 117 Å². The van der Waals surface area contributed by atoms with Crippen molar-refractivity contribution < 1.29 is 47.5 Å². The average Bonchev–Trinajstić information content (AvgIpc) is 3.50. The van der Waals surface area contributed by atoms with Gasteiger partial charge < -0.3 is 31.8 Å². The van der Waals surface area contributed by atoms with Crippen LogP contribution in [0.2, 0.25) is 70.3 Å². The molecule has 0 amide bonds. The van der Waals surface area contributed by atoms with E-state index in [2.05, 4.69) is 10.6 Å². The third-order valence-electron chi connectivity index (χ3n) is 14.2. The summed E-state index contributed by atoms with van der Waals surface area (Å²) in [5, 5.41) is 11.5. The zero-order chi connectivity index (χ0) is 63.6. The molecule has 12 unspecified atom stereocenters. The second-order valence-electron chi connectivity index (χ2n) is 19.0. The number of piperidine rings is 1. The number of alkyl halides is 14. The van der Waals surface area contributed by atoms with Crippen LogP contribution in [-0.2, 0) is 32.5 Å². The number of benzene rings is 3. The number of carboxylic acids is 2. The molecular weight excluding hydrogens is 1780 g/mol. The molecule has 4 fully saturated rings. The fourth-order valence-electron chi connectivity index (χ4n) is 10.1. The maximum Gasteiger partial charge on any atom is 2.00 e. The largest absolute Gasteiger partial charge is 2.00 e. The number of aliphatic carboxylic acids is 1. The van der Waals surface area contributed by atoms with Crippen molar-refractivity contribution in [2.45, 2.75) is 100 Å². The quantitative estimate of drug-likeness (QED) is 0.0753. The van der Waals surface area contributed by atoms with Crippen LogP contribution < -0.4 is 0 Å². The van der Waals surface area contributed by atoms with Crippen LogP contribution in [0.3, 0.4) is 0 Å². The molecule has 493 valence electrons. The first kappa shape index (κ1) is 87.5. The fraction of sp³-hybridized carbons (Fsp3) is 0.520. The minimum Gasteiger partial charge on any atom is -0.687 e. The Balaban J connectivity index is 0.000000481. The smallest absolute Gasteiger partial charge is 0.687 e. The van der Waals surface area contributed by atoms with E-state index in [0.717, 1.165) is 19.6 Å². The molecule has 3 aromatic rings. The number of rotatable bonds is 8. The normalized spacial score (nSPS) is 31.3. The van der Waals surface area contributed by atoms with E-state index in [1.54, 1.807) is 6.20 Å². The molecule has 1 radical (unpaired) electrons. The van der Waals surface area contributed by atoms with Gasteiger partial charge in [0.05, 0.1) is 157 Å². The van der Waals surface area contributed by atoms with Crippen molar-refractivity contribution in [2.24, 2.45) is 29.6 Å². The first-order valence-electron chi connectivity index (χ1n) is 24.1. The summed E-state index contributed by atoms with van der Waals surface area (Å²) >= 11 is 183. The van der Waals surface area contributed by atoms with E-state index < -0.39 is 138 Å². The summed E-state index contributed by atoms with van der Waals surface area (Å²) in [6.07, 6.45) is 11.8. The van der Waals surface area contributed by atoms with Gasteiger partial charge in [0, 0.05) is 22.6 Å². The first-order valence-corrected chi connectivity index (χ1v) is 35.5. The van der Waals surface area contributed by atoms with Gasteiger partial charge in [0.2, 0.25) is 0 Å². The van der Waals surface area contributed by atoms with Crippen LogP contribution in [0, 0.1) is 29.6 Å². The average molecular weight is 1820 g/mol. The van der Waals surface area contributed by atoms with Gasteiger partial charge in [-0.1, -0.05) is 194 Å². The van der Waals surface area contributed by atoms with Crippen molar-refractivity contribution in [3.05, 3.63) is 128 Å². The van der Waals surface area contributed by atoms with E-state index >= 15 is 0 Å². The van der Waals surface area contributed by atoms with Gasteiger partial charge in [0.15, 0.2) is 0 Å². The van der Waals surface area contributed by atoms with E-state index in [0.29, 0.717) is 0 Å². The summed E-state index contributed by atoms with van der Waals surface area (Å²) in [4.78, 5) is 23.7. The van der Waals surface area contributed by atoms with Crippen molar-refractivity contribution in [2.75, 3.05) is 19.6 Å². The van der Waals surface area contributed by atoms with Crippen molar-refractivity contribution in [1.82, 2.24) is 0 Å². The molecule has 2 heterocycles. The molecule has 3 aliphatic carbocycles. The number of nitrogens with zero attached hydrogens (tertiary/aromatic N) is 2. The summed E-state index contributed by atoms with van der Waals surface area (Å²) in [5.41, 5.74) is -0.815. The molecule has 87 heavy (non-hydrogen) atoms. The van der Waals surface area contributed by atoms with Crippen molar-refractivity contribution in [3.8, 4) is 0 Å². The summed E-state index contributed by atoms with van der Waals surface area (Å²) in [7, 11) is 0. The molecular formula is C50H44Cl28CoN2O6+2. The molecule has 0 bridgehead atoms. The number of aromatic carboxylic acids is 1. The van der Waals surface area contributed by atoms with Crippen molar-refractivity contribution in [3.63, 3.8) is 0 Å². The second kappa shape index (κ2) is 38.8. The fourth-order valence-corrected chi connectivity index (χ4v) is 20.5. The van der Waals surface area contributed by atoms with Gasteiger partial charge in [0.25, 0.3) is 0 Å². The molecule has 0 aromatic heterocycles. The van der Waals surface area contributed by atoms with Gasteiger partial charge in [-0.2, -0.15) is 6.20 Å². The number of carboxylic acid groups (broad SMARTS) is 2. The Morgan fingerprint density at radius 3 is 0.874 bits per heavy atom. The Kier molecular flexibility index (Phi) is 39.0. The maximum atomic E-state index is 11.9. The molecule has 8 N–H and O–H groups in total. The summed E-state index contributed by atoms with van der Waals surface area (Å²) in [5.74, 6) is -8.34. The van der Waals surface area contributed by atoms with Gasteiger partial charge in [-0.3, -0.25) is 4.79 Å². The van der Waals surface area contributed by atoms with Crippen LogP contribution in [0.4, 0.5) is 0 Å². The third kappa shape index (κ3) is 19.1. The Morgan fingerprint density at radius 1 is 0.391 bits per heavy atom. The minimum atomic E-state index is -1.50. The van der Waals surface area contributed by atoms with Crippen molar-refractivity contribution in [1.29, 1.82) is 0 Å². The number of hydrogen-bond donors (Lipinski definition) is 2. The number of carbonyl (C=O) groups is 2. The Labute approximate surface area is 653 Å². The molecule has 8 rings (SSSR count). The zero-order valence-corrected chi connectivity index (χ0v) is 65.0. The summed E-state index contributed by atoms with van der Waals surface area (Å²) in [6, 6.07) is 0. The Morgan fingerprint density at radius 2 is 0.667 bits per heavy atom. The molecule has 5 aliphatic rings. The van der Waals surface area contributed by atoms with Gasteiger partial charge in [-0.15, -0.1) is 188 Å². The SMILES string of the molecule is C1=CC[N-]C=C1.C1CC[N-]CC1.O=C(O)C1C(Cl)C(Cl)C(C(C2C(Cl)C(Cl)C(Cl)C(Cl)C2Cl)C2C(Cl)C(Cl)C(Cl)C(Cl)C2Cl)C(Cl)C1Cl.O=C(O)c1c(Cl)c(Cl)c(C(c2c(Cl)c(Cl)c(Cl)c(Cl)c2Cl)c2c(Cl)c(Cl)c(Cl)c(Cl)c2Cl)c(Cl)c1Cl.[Co+2].[OH3+].[OH3+]. The Bertz CT molecular complexity index is 2670. The third-order valence-corrected chi connectivity index (χ3v) is 29.6. The molecule has 0 spiro atoms. The van der Waals surface area contributed by atoms with E-state index in [1.165, 1.54) is 19.3 Å². The zero-order valence-electron chi connectivity index (χ0n) is 42.8. The molecule has 8 nitrogen and oxygen atoms in total. The van der Waals surface area contributed by atoms with Crippen LogP contribution in [0.1, 0.15) is 52.2 Å². The Hall–Kier alpha value is 4.39. The molecule has 12 atom stereocenters. The predicted octanol–water partition coefficient (Wildman–Crippen LogP) is 23.6. The van der Waals surface area contributed by atoms with Crippen LogP contribution in [0.5, 0.6) is 0 Å². The summed E-state index contributed by atoms with van der Waals surface area (Å²) < 4.78 is 0. The molecule has 3 aromatic carbocycles. The van der Waals surface area contributed by atoms with E-state index in [-0.39, 0.29) is 105 Å².